The van der Waals surface area contributed by atoms with Gasteiger partial charge in [-0.05, 0) is 44.2 Å². The lowest BCUT2D eigenvalue weighted by molar-refractivity contribution is 0.0673. The lowest BCUT2D eigenvalue weighted by Crippen LogP contribution is -2.39. The summed E-state index contributed by atoms with van der Waals surface area (Å²) >= 11 is 0. The third-order valence-electron chi connectivity index (χ3n) is 4.50. The lowest BCUT2D eigenvalue weighted by Gasteiger charge is -2.29. The normalized spacial score (nSPS) is 19.2. The highest BCUT2D eigenvalue weighted by atomic mass is 16.4. The summed E-state index contributed by atoms with van der Waals surface area (Å²) in [5.41, 5.74) is 0.877. The molecule has 1 aliphatic heterocycles. The summed E-state index contributed by atoms with van der Waals surface area (Å²) in [5, 5.41) is 9.05. The third kappa shape index (κ3) is 3.29. The molecule has 0 radical (unpaired) electrons. The Hall–Kier alpha value is -1.91. The summed E-state index contributed by atoms with van der Waals surface area (Å²) in [5.74, 6) is -0.610. The molecule has 1 saturated heterocycles. The Labute approximate surface area is 131 Å². The molecule has 1 aromatic rings. The van der Waals surface area contributed by atoms with Gasteiger partial charge in [0.2, 0.25) is 0 Å². The van der Waals surface area contributed by atoms with Gasteiger partial charge in [0.25, 0.3) is 5.91 Å². The minimum Gasteiger partial charge on any atom is -0.478 e. The molecule has 2 unspecified atom stereocenters. The smallest absolute Gasteiger partial charge is 0.337 e. The van der Waals surface area contributed by atoms with Crippen LogP contribution in [0.5, 0.6) is 0 Å². The molecular formula is C17H24N2O3. The first-order valence-corrected chi connectivity index (χ1v) is 7.97. The number of aromatic nitrogens is 1. The Morgan fingerprint density at radius 3 is 2.77 bits per heavy atom. The molecule has 2 heterocycles. The fourth-order valence-corrected chi connectivity index (χ4v) is 3.34. The summed E-state index contributed by atoms with van der Waals surface area (Å²) in [7, 11) is 0. The van der Waals surface area contributed by atoms with E-state index in [1.807, 2.05) is 4.90 Å². The standard InChI is InChI=1S/C17H24N2O3/c1-4-6-11(2)15-7-5-10-19(15)16(20)14-9-8-13(17(21)22)12(3)18-14/h8-9,11,15H,4-7,10H2,1-3H3,(H,21,22). The van der Waals surface area contributed by atoms with Crippen molar-refractivity contribution in [2.75, 3.05) is 6.54 Å². The number of carbonyl (C=O) groups is 2. The highest BCUT2D eigenvalue weighted by Crippen LogP contribution is 2.28. The maximum absolute atomic E-state index is 12.7. The molecule has 0 saturated carbocycles. The van der Waals surface area contributed by atoms with Crippen LogP contribution < -0.4 is 0 Å². The molecule has 0 bridgehead atoms. The maximum atomic E-state index is 12.7. The van der Waals surface area contributed by atoms with Crippen LogP contribution in [-0.2, 0) is 0 Å². The quantitative estimate of drug-likeness (QED) is 0.907. The van der Waals surface area contributed by atoms with Crippen LogP contribution in [0, 0.1) is 12.8 Å². The van der Waals surface area contributed by atoms with Gasteiger partial charge >= 0.3 is 5.97 Å². The Balaban J connectivity index is 2.20. The van der Waals surface area contributed by atoms with Crippen molar-refractivity contribution in [3.05, 3.63) is 29.1 Å². The van der Waals surface area contributed by atoms with Crippen LogP contribution >= 0.6 is 0 Å². The average Bonchev–Trinajstić information content (AvgIpc) is 2.95. The third-order valence-corrected chi connectivity index (χ3v) is 4.50. The Bertz CT molecular complexity index is 571. The molecule has 1 N–H and O–H groups in total. The number of amides is 1. The van der Waals surface area contributed by atoms with Gasteiger partial charge in [0.15, 0.2) is 0 Å². The van der Waals surface area contributed by atoms with Gasteiger partial charge in [0, 0.05) is 12.6 Å². The first kappa shape index (κ1) is 16.5. The first-order chi connectivity index (χ1) is 10.5. The van der Waals surface area contributed by atoms with Crippen LogP contribution in [0.4, 0.5) is 0 Å². The zero-order valence-corrected chi connectivity index (χ0v) is 13.5. The minimum atomic E-state index is -1.01. The molecule has 2 rings (SSSR count). The Morgan fingerprint density at radius 1 is 1.45 bits per heavy atom. The molecule has 1 aliphatic rings. The number of rotatable bonds is 5. The number of carboxylic acids is 1. The van der Waals surface area contributed by atoms with E-state index < -0.39 is 5.97 Å². The molecule has 5 heteroatoms. The number of likely N-dealkylation sites (tertiary alicyclic amines) is 1. The largest absolute Gasteiger partial charge is 0.478 e. The maximum Gasteiger partial charge on any atom is 0.337 e. The van der Waals surface area contributed by atoms with E-state index >= 15 is 0 Å². The fraction of sp³-hybridized carbons (Fsp3) is 0.588. The molecule has 1 fully saturated rings. The van der Waals surface area contributed by atoms with Gasteiger partial charge in [0.1, 0.15) is 5.69 Å². The van der Waals surface area contributed by atoms with E-state index in [0.717, 1.165) is 32.2 Å². The summed E-state index contributed by atoms with van der Waals surface area (Å²) in [6, 6.07) is 3.27. The fourth-order valence-electron chi connectivity index (χ4n) is 3.34. The SMILES string of the molecule is CCCC(C)C1CCCN1C(=O)c1ccc(C(=O)O)c(C)n1. The van der Waals surface area contributed by atoms with Gasteiger partial charge < -0.3 is 10.0 Å². The number of aryl methyl sites for hydroxylation is 1. The molecule has 0 aliphatic carbocycles. The van der Waals surface area contributed by atoms with E-state index in [0.29, 0.717) is 17.3 Å². The lowest BCUT2D eigenvalue weighted by atomic mass is 9.95. The van der Waals surface area contributed by atoms with Crippen molar-refractivity contribution in [2.24, 2.45) is 5.92 Å². The molecule has 1 aromatic heterocycles. The monoisotopic (exact) mass is 304 g/mol. The van der Waals surface area contributed by atoms with Crippen molar-refractivity contribution in [3.8, 4) is 0 Å². The highest BCUT2D eigenvalue weighted by Gasteiger charge is 2.33. The van der Waals surface area contributed by atoms with Gasteiger partial charge in [-0.2, -0.15) is 0 Å². The number of pyridine rings is 1. The van der Waals surface area contributed by atoms with E-state index in [1.165, 1.54) is 12.1 Å². The topological polar surface area (TPSA) is 70.5 Å². The number of hydrogen-bond acceptors (Lipinski definition) is 3. The second-order valence-corrected chi connectivity index (χ2v) is 6.11. The predicted molar refractivity (Wildman–Crippen MR) is 84.1 cm³/mol. The number of carbonyl (C=O) groups excluding carboxylic acids is 1. The number of aromatic carboxylic acids is 1. The molecule has 120 valence electrons. The van der Waals surface area contributed by atoms with Crippen LogP contribution in [-0.4, -0.2) is 39.5 Å². The molecule has 2 atom stereocenters. The van der Waals surface area contributed by atoms with Crippen LogP contribution in [0.3, 0.4) is 0 Å². The Morgan fingerprint density at radius 2 is 2.18 bits per heavy atom. The number of nitrogens with zero attached hydrogens (tertiary/aromatic N) is 2. The summed E-state index contributed by atoms with van der Waals surface area (Å²) < 4.78 is 0. The van der Waals surface area contributed by atoms with Gasteiger partial charge in [-0.15, -0.1) is 0 Å². The van der Waals surface area contributed by atoms with Gasteiger partial charge in [-0.3, -0.25) is 4.79 Å². The van der Waals surface area contributed by atoms with E-state index in [1.54, 1.807) is 6.92 Å². The zero-order valence-electron chi connectivity index (χ0n) is 13.5. The van der Waals surface area contributed by atoms with Crippen molar-refractivity contribution in [3.63, 3.8) is 0 Å². The summed E-state index contributed by atoms with van der Waals surface area (Å²) in [4.78, 5) is 29.9. The van der Waals surface area contributed by atoms with E-state index in [9.17, 15) is 9.59 Å². The molecule has 1 amide bonds. The summed E-state index contributed by atoms with van der Waals surface area (Å²) in [6.07, 6.45) is 4.29. The Kier molecular flexibility index (Phi) is 5.16. The van der Waals surface area contributed by atoms with E-state index in [-0.39, 0.29) is 17.5 Å². The van der Waals surface area contributed by atoms with Crippen LogP contribution in [0.1, 0.15) is 66.1 Å². The van der Waals surface area contributed by atoms with Crippen LogP contribution in [0.2, 0.25) is 0 Å². The molecule has 0 spiro atoms. The molecular weight excluding hydrogens is 280 g/mol. The number of carboxylic acid groups (broad SMARTS) is 1. The first-order valence-electron chi connectivity index (χ1n) is 7.97. The van der Waals surface area contributed by atoms with Gasteiger partial charge in [-0.1, -0.05) is 20.3 Å². The number of hydrogen-bond donors (Lipinski definition) is 1. The summed E-state index contributed by atoms with van der Waals surface area (Å²) in [6.45, 7) is 6.75. The van der Waals surface area contributed by atoms with E-state index in [4.69, 9.17) is 5.11 Å². The van der Waals surface area contributed by atoms with Gasteiger partial charge in [0.05, 0.1) is 11.3 Å². The van der Waals surface area contributed by atoms with Crippen molar-refractivity contribution in [1.29, 1.82) is 0 Å². The minimum absolute atomic E-state index is 0.0782. The van der Waals surface area contributed by atoms with Crippen molar-refractivity contribution < 1.29 is 14.7 Å². The predicted octanol–water partition coefficient (Wildman–Crippen LogP) is 3.13. The highest BCUT2D eigenvalue weighted by molar-refractivity contribution is 5.94. The van der Waals surface area contributed by atoms with Crippen LogP contribution in [0.25, 0.3) is 0 Å². The van der Waals surface area contributed by atoms with Crippen molar-refractivity contribution in [2.45, 2.75) is 52.5 Å². The molecule has 0 aromatic carbocycles. The average molecular weight is 304 g/mol. The van der Waals surface area contributed by atoms with Crippen molar-refractivity contribution >= 4 is 11.9 Å². The van der Waals surface area contributed by atoms with E-state index in [2.05, 4.69) is 18.8 Å². The van der Waals surface area contributed by atoms with Crippen molar-refractivity contribution in [1.82, 2.24) is 9.88 Å². The molecule has 5 nitrogen and oxygen atoms in total. The van der Waals surface area contributed by atoms with Crippen LogP contribution in [0.15, 0.2) is 12.1 Å². The van der Waals surface area contributed by atoms with Gasteiger partial charge in [-0.25, -0.2) is 9.78 Å². The molecule has 22 heavy (non-hydrogen) atoms. The second kappa shape index (κ2) is 6.90. The second-order valence-electron chi connectivity index (χ2n) is 6.11. The zero-order chi connectivity index (χ0) is 16.3.